The Balaban J connectivity index is 1.56. The number of hydrogen-bond donors (Lipinski definition) is 1. The molecule has 0 bridgehead atoms. The molecule has 6 heteroatoms. The van der Waals surface area contributed by atoms with Crippen molar-refractivity contribution in [3.05, 3.63) is 47.1 Å². The van der Waals surface area contributed by atoms with Gasteiger partial charge in [-0.1, -0.05) is 12.1 Å². The zero-order valence-corrected chi connectivity index (χ0v) is 15.8. The fourth-order valence-corrected chi connectivity index (χ4v) is 4.59. The SMILES string of the molecule is CN(CC(=O)O)C1CCCN(Cc2ccc(-c3ccc(F)cc3)s2)CC1. The number of rotatable bonds is 6. The molecule has 1 N–H and O–H groups in total. The maximum atomic E-state index is 13.1. The number of likely N-dealkylation sites (tertiary alicyclic amines) is 1. The Bertz CT molecular complexity index is 732. The van der Waals surface area contributed by atoms with Gasteiger partial charge in [0.05, 0.1) is 6.54 Å². The average molecular weight is 376 g/mol. The first-order chi connectivity index (χ1) is 12.5. The Morgan fingerprint density at radius 3 is 2.73 bits per heavy atom. The van der Waals surface area contributed by atoms with Gasteiger partial charge in [-0.2, -0.15) is 0 Å². The molecule has 1 aliphatic heterocycles. The molecule has 140 valence electrons. The van der Waals surface area contributed by atoms with Gasteiger partial charge in [-0.15, -0.1) is 11.3 Å². The zero-order valence-electron chi connectivity index (χ0n) is 15.0. The number of carboxylic acid groups (broad SMARTS) is 1. The lowest BCUT2D eigenvalue weighted by Gasteiger charge is -2.25. The van der Waals surface area contributed by atoms with E-state index in [0.29, 0.717) is 6.04 Å². The Labute approximate surface area is 157 Å². The first-order valence-corrected chi connectivity index (χ1v) is 9.82. The summed E-state index contributed by atoms with van der Waals surface area (Å²) >= 11 is 1.76. The summed E-state index contributed by atoms with van der Waals surface area (Å²) < 4.78 is 13.1. The van der Waals surface area contributed by atoms with Gasteiger partial charge in [0.2, 0.25) is 0 Å². The highest BCUT2D eigenvalue weighted by Gasteiger charge is 2.22. The molecule has 3 rings (SSSR count). The van der Waals surface area contributed by atoms with E-state index in [0.717, 1.165) is 49.3 Å². The molecule has 0 aliphatic carbocycles. The van der Waals surface area contributed by atoms with Crippen LogP contribution >= 0.6 is 11.3 Å². The third-order valence-electron chi connectivity index (χ3n) is 4.97. The molecule has 26 heavy (non-hydrogen) atoms. The van der Waals surface area contributed by atoms with Crippen molar-refractivity contribution in [1.82, 2.24) is 9.80 Å². The van der Waals surface area contributed by atoms with Crippen LogP contribution in [0, 0.1) is 5.82 Å². The van der Waals surface area contributed by atoms with Crippen molar-refractivity contribution in [2.24, 2.45) is 0 Å². The lowest BCUT2D eigenvalue weighted by molar-refractivity contribution is -0.138. The molecule has 0 saturated carbocycles. The summed E-state index contributed by atoms with van der Waals surface area (Å²) in [7, 11) is 1.91. The van der Waals surface area contributed by atoms with Crippen molar-refractivity contribution >= 4 is 17.3 Å². The zero-order chi connectivity index (χ0) is 18.5. The van der Waals surface area contributed by atoms with Gasteiger partial charge in [0.15, 0.2) is 0 Å². The molecule has 1 aromatic carbocycles. The monoisotopic (exact) mass is 376 g/mol. The lowest BCUT2D eigenvalue weighted by Crippen LogP contribution is -2.36. The predicted molar refractivity (Wildman–Crippen MR) is 103 cm³/mol. The van der Waals surface area contributed by atoms with E-state index < -0.39 is 5.97 Å². The highest BCUT2D eigenvalue weighted by molar-refractivity contribution is 7.15. The van der Waals surface area contributed by atoms with Crippen LogP contribution in [0.25, 0.3) is 10.4 Å². The van der Waals surface area contributed by atoms with E-state index in [1.54, 1.807) is 11.3 Å². The summed E-state index contributed by atoms with van der Waals surface area (Å²) in [5, 5.41) is 8.97. The third-order valence-corrected chi connectivity index (χ3v) is 6.09. The van der Waals surface area contributed by atoms with E-state index in [1.165, 1.54) is 17.0 Å². The first-order valence-electron chi connectivity index (χ1n) is 9.00. The average Bonchev–Trinajstić information content (AvgIpc) is 2.93. The third kappa shape index (κ3) is 5.13. The van der Waals surface area contributed by atoms with Gasteiger partial charge in [0, 0.05) is 28.9 Å². The van der Waals surface area contributed by atoms with Crippen LogP contribution in [-0.2, 0) is 11.3 Å². The smallest absolute Gasteiger partial charge is 0.317 e. The molecule has 0 amide bonds. The van der Waals surface area contributed by atoms with E-state index in [2.05, 4.69) is 17.0 Å². The molecule has 1 saturated heterocycles. The molecule has 1 unspecified atom stereocenters. The van der Waals surface area contributed by atoms with Gasteiger partial charge in [0.25, 0.3) is 0 Å². The van der Waals surface area contributed by atoms with Crippen molar-refractivity contribution in [2.75, 3.05) is 26.7 Å². The highest BCUT2D eigenvalue weighted by atomic mass is 32.1. The topological polar surface area (TPSA) is 43.8 Å². The van der Waals surface area contributed by atoms with Crippen LogP contribution in [0.15, 0.2) is 36.4 Å². The Kier molecular flexibility index (Phi) is 6.40. The van der Waals surface area contributed by atoms with Gasteiger partial charge in [0.1, 0.15) is 5.82 Å². The Morgan fingerprint density at radius 1 is 1.23 bits per heavy atom. The van der Waals surface area contributed by atoms with Crippen molar-refractivity contribution < 1.29 is 14.3 Å². The molecular weight excluding hydrogens is 351 g/mol. The van der Waals surface area contributed by atoms with Gasteiger partial charge < -0.3 is 5.11 Å². The Hall–Kier alpha value is -1.76. The van der Waals surface area contributed by atoms with Crippen molar-refractivity contribution in [3.63, 3.8) is 0 Å². The number of carbonyl (C=O) groups is 1. The minimum atomic E-state index is -0.763. The van der Waals surface area contributed by atoms with Crippen LogP contribution in [-0.4, -0.2) is 53.6 Å². The van der Waals surface area contributed by atoms with Crippen molar-refractivity contribution in [2.45, 2.75) is 31.8 Å². The van der Waals surface area contributed by atoms with Gasteiger partial charge in [-0.25, -0.2) is 4.39 Å². The minimum absolute atomic E-state index is 0.108. The molecule has 0 spiro atoms. The lowest BCUT2D eigenvalue weighted by atomic mass is 10.1. The van der Waals surface area contributed by atoms with Crippen LogP contribution in [0.2, 0.25) is 0 Å². The van der Waals surface area contributed by atoms with Crippen LogP contribution in [0.3, 0.4) is 0 Å². The molecule has 2 heterocycles. The summed E-state index contributed by atoms with van der Waals surface area (Å²) in [6.07, 6.45) is 3.14. The second kappa shape index (κ2) is 8.75. The number of carboxylic acids is 1. The normalized spacial score (nSPS) is 18.8. The van der Waals surface area contributed by atoms with Gasteiger partial charge in [-0.3, -0.25) is 14.6 Å². The number of likely N-dealkylation sites (N-methyl/N-ethyl adjacent to an activating group) is 1. The molecule has 0 radical (unpaired) electrons. The van der Waals surface area contributed by atoms with Crippen LogP contribution in [0.1, 0.15) is 24.1 Å². The number of hydrogen-bond acceptors (Lipinski definition) is 4. The van der Waals surface area contributed by atoms with Crippen LogP contribution < -0.4 is 0 Å². The second-order valence-electron chi connectivity index (χ2n) is 6.94. The summed E-state index contributed by atoms with van der Waals surface area (Å²) in [6.45, 7) is 3.05. The van der Waals surface area contributed by atoms with E-state index >= 15 is 0 Å². The van der Waals surface area contributed by atoms with E-state index in [1.807, 2.05) is 24.1 Å². The Morgan fingerprint density at radius 2 is 2.00 bits per heavy atom. The number of benzene rings is 1. The fourth-order valence-electron chi connectivity index (χ4n) is 3.53. The molecule has 1 aromatic heterocycles. The van der Waals surface area contributed by atoms with Crippen LogP contribution in [0.4, 0.5) is 4.39 Å². The van der Waals surface area contributed by atoms with Crippen LogP contribution in [0.5, 0.6) is 0 Å². The highest BCUT2D eigenvalue weighted by Crippen LogP contribution is 2.29. The number of nitrogens with zero attached hydrogens (tertiary/aromatic N) is 2. The molecule has 4 nitrogen and oxygen atoms in total. The molecule has 2 aromatic rings. The number of thiophene rings is 1. The van der Waals surface area contributed by atoms with E-state index in [4.69, 9.17) is 5.11 Å². The molecular formula is C20H25FN2O2S. The van der Waals surface area contributed by atoms with Crippen molar-refractivity contribution in [3.8, 4) is 10.4 Å². The summed E-state index contributed by atoms with van der Waals surface area (Å²) in [5.74, 6) is -0.974. The van der Waals surface area contributed by atoms with Crippen molar-refractivity contribution in [1.29, 1.82) is 0 Å². The maximum absolute atomic E-state index is 13.1. The van der Waals surface area contributed by atoms with E-state index in [-0.39, 0.29) is 12.4 Å². The van der Waals surface area contributed by atoms with E-state index in [9.17, 15) is 9.18 Å². The van der Waals surface area contributed by atoms with Gasteiger partial charge in [-0.05, 0) is 62.7 Å². The summed E-state index contributed by atoms with van der Waals surface area (Å²) in [4.78, 5) is 17.8. The summed E-state index contributed by atoms with van der Waals surface area (Å²) in [6, 6.07) is 11.2. The fraction of sp³-hybridized carbons (Fsp3) is 0.450. The molecule has 1 fully saturated rings. The second-order valence-corrected chi connectivity index (χ2v) is 8.11. The molecule has 1 atom stereocenters. The summed E-state index contributed by atoms with van der Waals surface area (Å²) in [5.41, 5.74) is 1.05. The first kappa shape index (κ1) is 19.0. The quantitative estimate of drug-likeness (QED) is 0.830. The number of halogens is 1. The minimum Gasteiger partial charge on any atom is -0.480 e. The van der Waals surface area contributed by atoms with Gasteiger partial charge >= 0.3 is 5.97 Å². The number of aliphatic carboxylic acids is 1. The largest absolute Gasteiger partial charge is 0.480 e. The molecule has 1 aliphatic rings. The standard InChI is InChI=1S/C20H25FN2O2S/c1-22(14-20(24)25)17-3-2-11-23(12-10-17)13-18-8-9-19(26-18)15-4-6-16(21)7-5-15/h4-9,17H,2-3,10-14H2,1H3,(H,24,25). The predicted octanol–water partition coefficient (Wildman–Crippen LogP) is 3.93. The maximum Gasteiger partial charge on any atom is 0.317 e.